The van der Waals surface area contributed by atoms with Crippen molar-refractivity contribution in [2.45, 2.75) is 51.9 Å². The Balaban J connectivity index is 2.71. The minimum atomic E-state index is -1.68. The van der Waals surface area contributed by atoms with Crippen LogP contribution in [-0.4, -0.2) is 26.8 Å². The van der Waals surface area contributed by atoms with Crippen LogP contribution in [0.25, 0.3) is 0 Å². The molecule has 0 bridgehead atoms. The Bertz CT molecular complexity index is 333. The topological polar surface area (TPSA) is 18.5 Å². The van der Waals surface area contributed by atoms with E-state index in [2.05, 4.69) is 74.0 Å². The van der Waals surface area contributed by atoms with Gasteiger partial charge in [-0.15, -0.1) is 0 Å². The van der Waals surface area contributed by atoms with Crippen molar-refractivity contribution >= 4 is 25.2 Å². The predicted octanol–water partition coefficient (Wildman–Crippen LogP) is 4.06. The van der Waals surface area contributed by atoms with Gasteiger partial charge in [0.25, 0.3) is 0 Å². The Morgan fingerprint density at radius 2 is 1.53 bits per heavy atom. The van der Waals surface area contributed by atoms with Crippen molar-refractivity contribution in [1.82, 2.24) is 0 Å². The van der Waals surface area contributed by atoms with Gasteiger partial charge in [0, 0.05) is 23.1 Å². The molecule has 1 atom stereocenters. The van der Waals surface area contributed by atoms with Crippen LogP contribution >= 0.6 is 15.9 Å². The molecule has 1 rings (SSSR count). The van der Waals surface area contributed by atoms with Crippen LogP contribution in [0.3, 0.4) is 0 Å². The third-order valence-electron chi connectivity index (χ3n) is 2.74. The molecule has 0 aliphatic rings. The fraction of sp³-hybridized carbons (Fsp3) is 0.600. The van der Waals surface area contributed by atoms with E-state index in [9.17, 15) is 0 Å². The van der Waals surface area contributed by atoms with Gasteiger partial charge in [0.15, 0.2) is 0 Å². The average Bonchev–Trinajstić information content (AvgIpc) is 2.35. The molecule has 0 aromatic heterocycles. The molecular weight excluding hydrogens is 320 g/mol. The Kier molecular flexibility index (Phi) is 7.91. The first-order valence-corrected chi connectivity index (χ1v) is 9.66. The van der Waals surface area contributed by atoms with E-state index in [0.717, 1.165) is 11.8 Å². The third-order valence-corrected chi connectivity index (χ3v) is 7.12. The monoisotopic (exact) mass is 344 g/mol. The molecule has 0 heterocycles. The lowest BCUT2D eigenvalue weighted by Crippen LogP contribution is -2.35. The second-order valence-electron chi connectivity index (χ2n) is 5.34. The van der Waals surface area contributed by atoms with E-state index in [0.29, 0.717) is 5.54 Å². The molecule has 1 aromatic carbocycles. The van der Waals surface area contributed by atoms with Crippen LogP contribution in [0.1, 0.15) is 33.3 Å². The highest BCUT2D eigenvalue weighted by atomic mass is 79.9. The predicted molar refractivity (Wildman–Crippen MR) is 87.3 cm³/mol. The number of benzene rings is 1. The fourth-order valence-corrected chi connectivity index (χ4v) is 5.27. The van der Waals surface area contributed by atoms with Gasteiger partial charge in [-0.25, -0.2) is 0 Å². The highest BCUT2D eigenvalue weighted by Gasteiger charge is 2.27. The Hall–Kier alpha value is -0.163. The quantitative estimate of drug-likeness (QED) is 0.522. The summed E-state index contributed by atoms with van der Waals surface area (Å²) in [5.41, 5.74) is 1.80. The van der Waals surface area contributed by atoms with E-state index >= 15 is 0 Å². The van der Waals surface area contributed by atoms with E-state index in [4.69, 9.17) is 8.85 Å². The molecule has 1 aromatic rings. The first kappa shape index (κ1) is 16.9. The zero-order valence-corrected chi connectivity index (χ0v) is 15.0. The van der Waals surface area contributed by atoms with E-state index in [-0.39, 0.29) is 12.2 Å². The van der Waals surface area contributed by atoms with Crippen LogP contribution < -0.4 is 0 Å². The lowest BCUT2D eigenvalue weighted by atomic mass is 10.1. The second kappa shape index (κ2) is 8.90. The first-order valence-electron chi connectivity index (χ1n) is 6.93. The maximum atomic E-state index is 6.07. The fourth-order valence-electron chi connectivity index (χ4n) is 1.93. The maximum Gasteiger partial charge on any atom is 0.326 e. The lowest BCUT2D eigenvalue weighted by molar-refractivity contribution is 0.124. The second-order valence-corrected chi connectivity index (χ2v) is 8.21. The SMILES string of the molecule is CC(C)O[SiH](OC(C)C)C(CBr)Cc1ccccc1. The molecule has 108 valence electrons. The number of halogens is 1. The van der Waals surface area contributed by atoms with Crippen LogP contribution in [0.2, 0.25) is 5.54 Å². The van der Waals surface area contributed by atoms with Crippen LogP contribution in [0.15, 0.2) is 30.3 Å². The highest BCUT2D eigenvalue weighted by molar-refractivity contribution is 9.09. The van der Waals surface area contributed by atoms with E-state index < -0.39 is 9.28 Å². The van der Waals surface area contributed by atoms with Crippen molar-refractivity contribution in [3.05, 3.63) is 35.9 Å². The van der Waals surface area contributed by atoms with E-state index in [1.54, 1.807) is 0 Å². The summed E-state index contributed by atoms with van der Waals surface area (Å²) >= 11 is 3.63. The molecule has 2 nitrogen and oxygen atoms in total. The van der Waals surface area contributed by atoms with Gasteiger partial charge < -0.3 is 8.85 Å². The molecule has 19 heavy (non-hydrogen) atoms. The molecule has 0 amide bonds. The van der Waals surface area contributed by atoms with Crippen LogP contribution in [0, 0.1) is 0 Å². The Morgan fingerprint density at radius 1 is 1.00 bits per heavy atom. The zero-order valence-electron chi connectivity index (χ0n) is 12.3. The van der Waals surface area contributed by atoms with Gasteiger partial charge in [0.2, 0.25) is 0 Å². The summed E-state index contributed by atoms with van der Waals surface area (Å²) in [5.74, 6) is 0. The minimum Gasteiger partial charge on any atom is -0.394 e. The largest absolute Gasteiger partial charge is 0.394 e. The smallest absolute Gasteiger partial charge is 0.326 e. The van der Waals surface area contributed by atoms with Gasteiger partial charge in [-0.05, 0) is 39.7 Å². The maximum absolute atomic E-state index is 6.07. The number of alkyl halides is 1. The van der Waals surface area contributed by atoms with Crippen molar-refractivity contribution < 1.29 is 8.85 Å². The summed E-state index contributed by atoms with van der Waals surface area (Å²) in [6, 6.07) is 10.6. The van der Waals surface area contributed by atoms with Gasteiger partial charge >= 0.3 is 9.28 Å². The number of hydrogen-bond donors (Lipinski definition) is 0. The molecule has 0 aliphatic heterocycles. The summed E-state index contributed by atoms with van der Waals surface area (Å²) in [7, 11) is -1.68. The molecule has 0 spiro atoms. The molecular formula is C15H25BrO2Si. The summed E-state index contributed by atoms with van der Waals surface area (Å²) in [5, 5.41) is 0.929. The van der Waals surface area contributed by atoms with Crippen molar-refractivity contribution in [2.75, 3.05) is 5.33 Å². The van der Waals surface area contributed by atoms with E-state index in [1.165, 1.54) is 5.56 Å². The number of rotatable bonds is 8. The molecule has 0 fully saturated rings. The van der Waals surface area contributed by atoms with E-state index in [1.807, 2.05) is 0 Å². The molecule has 0 aliphatic carbocycles. The van der Waals surface area contributed by atoms with Gasteiger partial charge in [-0.1, -0.05) is 46.3 Å². The van der Waals surface area contributed by atoms with Crippen molar-refractivity contribution in [1.29, 1.82) is 0 Å². The average molecular weight is 345 g/mol. The van der Waals surface area contributed by atoms with Crippen molar-refractivity contribution in [3.63, 3.8) is 0 Å². The normalized spacial score (nSPS) is 13.5. The number of hydrogen-bond acceptors (Lipinski definition) is 2. The standard InChI is InChI=1S/C15H25BrO2Si/c1-12(2)17-19(18-13(3)4)15(11-16)10-14-8-6-5-7-9-14/h5-9,12-13,15,19H,10-11H2,1-4H3. The third kappa shape index (κ3) is 6.70. The molecule has 4 heteroatoms. The zero-order chi connectivity index (χ0) is 14.3. The molecule has 0 radical (unpaired) electrons. The van der Waals surface area contributed by atoms with Crippen LogP contribution in [0.5, 0.6) is 0 Å². The Morgan fingerprint density at radius 3 is 1.95 bits per heavy atom. The first-order chi connectivity index (χ1) is 9.02. The van der Waals surface area contributed by atoms with Gasteiger partial charge in [0.1, 0.15) is 0 Å². The molecule has 0 saturated heterocycles. The van der Waals surface area contributed by atoms with Gasteiger partial charge in [-0.3, -0.25) is 0 Å². The summed E-state index contributed by atoms with van der Waals surface area (Å²) in [4.78, 5) is 0. The summed E-state index contributed by atoms with van der Waals surface area (Å²) in [6.07, 6.45) is 1.48. The molecule has 1 unspecified atom stereocenters. The summed E-state index contributed by atoms with van der Waals surface area (Å²) in [6.45, 7) is 8.32. The van der Waals surface area contributed by atoms with Gasteiger partial charge in [0.05, 0.1) is 0 Å². The van der Waals surface area contributed by atoms with Gasteiger partial charge in [-0.2, -0.15) is 0 Å². The van der Waals surface area contributed by atoms with Crippen molar-refractivity contribution in [2.24, 2.45) is 0 Å². The minimum absolute atomic E-state index is 0.229. The Labute approximate surface area is 127 Å². The molecule has 0 saturated carbocycles. The van der Waals surface area contributed by atoms with Crippen LogP contribution in [0.4, 0.5) is 0 Å². The highest BCUT2D eigenvalue weighted by Crippen LogP contribution is 2.23. The lowest BCUT2D eigenvalue weighted by Gasteiger charge is -2.27. The van der Waals surface area contributed by atoms with Crippen LogP contribution in [-0.2, 0) is 15.3 Å². The van der Waals surface area contributed by atoms with Crippen molar-refractivity contribution in [3.8, 4) is 0 Å². The summed E-state index contributed by atoms with van der Waals surface area (Å²) < 4.78 is 12.1. The molecule has 0 N–H and O–H groups in total.